The summed E-state index contributed by atoms with van der Waals surface area (Å²) in [6.45, 7) is 0. The van der Waals surface area contributed by atoms with Gasteiger partial charge in [-0.15, -0.1) is 0 Å². The van der Waals surface area contributed by atoms with Crippen molar-refractivity contribution in [2.24, 2.45) is 5.73 Å². The first-order valence-electron chi connectivity index (χ1n) is 4.69. The van der Waals surface area contributed by atoms with Gasteiger partial charge in [0.15, 0.2) is 0 Å². The van der Waals surface area contributed by atoms with Crippen LogP contribution >= 0.6 is 0 Å². The SMILES string of the molecule is COC(=O)[C@H](N)Cc1cncc(C(F)(F)F)c1. The number of halogens is 3. The third-order valence-corrected chi connectivity index (χ3v) is 2.08. The summed E-state index contributed by atoms with van der Waals surface area (Å²) >= 11 is 0. The van der Waals surface area contributed by atoms with Crippen molar-refractivity contribution in [1.29, 1.82) is 0 Å². The molecule has 0 unspecified atom stereocenters. The zero-order valence-electron chi connectivity index (χ0n) is 8.99. The Morgan fingerprint density at radius 1 is 1.53 bits per heavy atom. The number of hydrogen-bond acceptors (Lipinski definition) is 4. The number of aromatic nitrogens is 1. The van der Waals surface area contributed by atoms with E-state index in [1.165, 1.54) is 6.20 Å². The molecular weight excluding hydrogens is 237 g/mol. The van der Waals surface area contributed by atoms with E-state index in [1.54, 1.807) is 0 Å². The average molecular weight is 248 g/mol. The monoisotopic (exact) mass is 248 g/mol. The highest BCUT2D eigenvalue weighted by Gasteiger charge is 2.31. The summed E-state index contributed by atoms with van der Waals surface area (Å²) in [4.78, 5) is 14.5. The summed E-state index contributed by atoms with van der Waals surface area (Å²) in [7, 11) is 1.16. The average Bonchev–Trinajstić information content (AvgIpc) is 2.27. The Morgan fingerprint density at radius 3 is 2.71 bits per heavy atom. The Bertz CT molecular complexity index is 407. The molecule has 7 heteroatoms. The van der Waals surface area contributed by atoms with Crippen LogP contribution in [0.25, 0.3) is 0 Å². The second kappa shape index (κ2) is 5.13. The van der Waals surface area contributed by atoms with Crippen molar-refractivity contribution in [3.05, 3.63) is 29.6 Å². The number of esters is 1. The van der Waals surface area contributed by atoms with E-state index in [0.29, 0.717) is 6.20 Å². The van der Waals surface area contributed by atoms with Gasteiger partial charge < -0.3 is 10.5 Å². The molecule has 0 aliphatic heterocycles. The summed E-state index contributed by atoms with van der Waals surface area (Å²) in [6.07, 6.45) is -2.56. The van der Waals surface area contributed by atoms with Gasteiger partial charge in [0.2, 0.25) is 0 Å². The van der Waals surface area contributed by atoms with Crippen LogP contribution in [0.15, 0.2) is 18.5 Å². The fourth-order valence-electron chi connectivity index (χ4n) is 1.24. The molecule has 17 heavy (non-hydrogen) atoms. The van der Waals surface area contributed by atoms with Crippen LogP contribution in [-0.4, -0.2) is 24.1 Å². The quantitative estimate of drug-likeness (QED) is 0.815. The maximum absolute atomic E-state index is 12.4. The van der Waals surface area contributed by atoms with Gasteiger partial charge in [0.25, 0.3) is 0 Å². The maximum Gasteiger partial charge on any atom is 0.417 e. The van der Waals surface area contributed by atoms with Crippen molar-refractivity contribution in [3.8, 4) is 0 Å². The Kier molecular flexibility index (Phi) is 4.06. The lowest BCUT2D eigenvalue weighted by Crippen LogP contribution is -2.33. The molecule has 0 amide bonds. The van der Waals surface area contributed by atoms with Crippen molar-refractivity contribution >= 4 is 5.97 Å². The molecular formula is C10H11F3N2O2. The lowest BCUT2D eigenvalue weighted by atomic mass is 10.1. The fourth-order valence-corrected chi connectivity index (χ4v) is 1.24. The van der Waals surface area contributed by atoms with Crippen molar-refractivity contribution in [3.63, 3.8) is 0 Å². The van der Waals surface area contributed by atoms with E-state index in [-0.39, 0.29) is 12.0 Å². The third-order valence-electron chi connectivity index (χ3n) is 2.08. The molecule has 0 saturated heterocycles. The molecule has 0 fully saturated rings. The van der Waals surface area contributed by atoms with Crippen LogP contribution in [0.4, 0.5) is 13.2 Å². The molecule has 1 aromatic rings. The minimum atomic E-state index is -4.46. The largest absolute Gasteiger partial charge is 0.468 e. The molecule has 0 saturated carbocycles. The topological polar surface area (TPSA) is 65.2 Å². The number of hydrogen-bond donors (Lipinski definition) is 1. The van der Waals surface area contributed by atoms with Crippen molar-refractivity contribution in [1.82, 2.24) is 4.98 Å². The van der Waals surface area contributed by atoms with Gasteiger partial charge in [0.05, 0.1) is 12.7 Å². The highest BCUT2D eigenvalue weighted by Crippen LogP contribution is 2.29. The second-order valence-electron chi connectivity index (χ2n) is 3.41. The minimum absolute atomic E-state index is 0.0520. The molecule has 1 rings (SSSR count). The predicted octanol–water partition coefficient (Wildman–Crippen LogP) is 1.14. The third kappa shape index (κ3) is 3.70. The number of pyridine rings is 1. The minimum Gasteiger partial charge on any atom is -0.468 e. The smallest absolute Gasteiger partial charge is 0.417 e. The molecule has 0 spiro atoms. The van der Waals surface area contributed by atoms with Crippen LogP contribution in [-0.2, 0) is 22.1 Å². The normalized spacial score (nSPS) is 13.2. The van der Waals surface area contributed by atoms with Crippen LogP contribution in [0.2, 0.25) is 0 Å². The Labute approximate surface area is 95.6 Å². The molecule has 0 aliphatic rings. The van der Waals surface area contributed by atoms with Gasteiger partial charge in [-0.25, -0.2) is 0 Å². The van der Waals surface area contributed by atoms with Crippen LogP contribution in [0.5, 0.6) is 0 Å². The number of rotatable bonds is 3. The standard InChI is InChI=1S/C10H11F3N2O2/c1-17-9(16)8(14)3-6-2-7(5-15-4-6)10(11,12)13/h2,4-5,8H,3,14H2,1H3/t8-/m1/s1. The molecule has 0 aromatic carbocycles. The first-order chi connectivity index (χ1) is 7.84. The van der Waals surface area contributed by atoms with E-state index in [9.17, 15) is 18.0 Å². The van der Waals surface area contributed by atoms with E-state index in [2.05, 4.69) is 9.72 Å². The molecule has 1 heterocycles. The van der Waals surface area contributed by atoms with Gasteiger partial charge in [0, 0.05) is 12.4 Å². The summed E-state index contributed by atoms with van der Waals surface area (Å²) in [6, 6.07) is -0.0826. The fraction of sp³-hybridized carbons (Fsp3) is 0.400. The van der Waals surface area contributed by atoms with Gasteiger partial charge in [-0.1, -0.05) is 0 Å². The molecule has 1 atom stereocenters. The lowest BCUT2D eigenvalue weighted by Gasteiger charge is -2.11. The number of ether oxygens (including phenoxy) is 1. The van der Waals surface area contributed by atoms with Gasteiger partial charge in [-0.3, -0.25) is 9.78 Å². The van der Waals surface area contributed by atoms with Gasteiger partial charge >= 0.3 is 12.1 Å². The van der Waals surface area contributed by atoms with Crippen molar-refractivity contribution < 1.29 is 22.7 Å². The molecule has 4 nitrogen and oxygen atoms in total. The first-order valence-corrected chi connectivity index (χ1v) is 4.69. The highest BCUT2D eigenvalue weighted by atomic mass is 19.4. The molecule has 2 N–H and O–H groups in total. The van der Waals surface area contributed by atoms with Crippen LogP contribution in [0.3, 0.4) is 0 Å². The zero-order chi connectivity index (χ0) is 13.1. The predicted molar refractivity (Wildman–Crippen MR) is 52.9 cm³/mol. The highest BCUT2D eigenvalue weighted by molar-refractivity contribution is 5.75. The number of methoxy groups -OCH3 is 1. The summed E-state index contributed by atoms with van der Waals surface area (Å²) in [5, 5.41) is 0. The van der Waals surface area contributed by atoms with E-state index < -0.39 is 23.8 Å². The van der Waals surface area contributed by atoms with E-state index in [1.807, 2.05) is 0 Å². The number of carbonyl (C=O) groups excluding carboxylic acids is 1. The van der Waals surface area contributed by atoms with Gasteiger partial charge in [-0.05, 0) is 18.1 Å². The number of alkyl halides is 3. The molecule has 94 valence electrons. The zero-order valence-corrected chi connectivity index (χ0v) is 8.99. The van der Waals surface area contributed by atoms with Crippen LogP contribution < -0.4 is 5.73 Å². The Balaban J connectivity index is 2.83. The molecule has 1 aromatic heterocycles. The Hall–Kier alpha value is -1.63. The lowest BCUT2D eigenvalue weighted by molar-refractivity contribution is -0.142. The van der Waals surface area contributed by atoms with E-state index >= 15 is 0 Å². The molecule has 0 bridgehead atoms. The van der Waals surface area contributed by atoms with E-state index in [0.717, 1.165) is 13.2 Å². The number of nitrogens with zero attached hydrogens (tertiary/aromatic N) is 1. The van der Waals surface area contributed by atoms with Crippen LogP contribution in [0.1, 0.15) is 11.1 Å². The summed E-state index contributed by atoms with van der Waals surface area (Å²) in [5.41, 5.74) is 4.80. The van der Waals surface area contributed by atoms with Crippen molar-refractivity contribution in [2.45, 2.75) is 18.6 Å². The second-order valence-corrected chi connectivity index (χ2v) is 3.41. The molecule has 0 radical (unpaired) electrons. The number of nitrogens with two attached hydrogens (primary N) is 1. The van der Waals surface area contributed by atoms with Gasteiger partial charge in [0.1, 0.15) is 6.04 Å². The number of carbonyl (C=O) groups is 1. The summed E-state index contributed by atoms with van der Waals surface area (Å²) in [5.74, 6) is -0.678. The summed E-state index contributed by atoms with van der Waals surface area (Å²) < 4.78 is 41.5. The van der Waals surface area contributed by atoms with Crippen molar-refractivity contribution in [2.75, 3.05) is 7.11 Å². The van der Waals surface area contributed by atoms with Crippen LogP contribution in [0, 0.1) is 0 Å². The van der Waals surface area contributed by atoms with E-state index in [4.69, 9.17) is 5.73 Å². The maximum atomic E-state index is 12.4. The Morgan fingerprint density at radius 2 is 2.18 bits per heavy atom. The first kappa shape index (κ1) is 13.4. The molecule has 0 aliphatic carbocycles. The van der Waals surface area contributed by atoms with Gasteiger partial charge in [-0.2, -0.15) is 13.2 Å².